The minimum Gasteiger partial charge on any atom is -0.489 e. The third-order valence-corrected chi connectivity index (χ3v) is 4.96. The fraction of sp³-hybridized carbons (Fsp3) is 0.120. The molecular formula is C25H21N5O2. The van der Waals surface area contributed by atoms with Gasteiger partial charge in [-0.2, -0.15) is 5.26 Å². The fourth-order valence-corrected chi connectivity index (χ4v) is 3.25. The number of imidazole rings is 1. The first-order valence-corrected chi connectivity index (χ1v) is 10.1. The Balaban J connectivity index is 1.39. The molecule has 0 saturated heterocycles. The van der Waals surface area contributed by atoms with Gasteiger partial charge in [-0.25, -0.2) is 9.97 Å². The molecule has 1 amide bonds. The third-order valence-electron chi connectivity index (χ3n) is 4.96. The predicted octanol–water partition coefficient (Wildman–Crippen LogP) is 3.96. The highest BCUT2D eigenvalue weighted by Gasteiger charge is 2.09. The highest BCUT2D eigenvalue weighted by atomic mass is 16.5. The van der Waals surface area contributed by atoms with Crippen molar-refractivity contribution in [3.05, 3.63) is 107 Å². The van der Waals surface area contributed by atoms with Gasteiger partial charge in [0.2, 0.25) is 0 Å². The number of nitriles is 1. The van der Waals surface area contributed by atoms with Crippen molar-refractivity contribution in [2.45, 2.75) is 20.1 Å². The minimum absolute atomic E-state index is 0.204. The normalized spacial score (nSPS) is 10.4. The zero-order chi connectivity index (χ0) is 22.3. The van der Waals surface area contributed by atoms with E-state index in [-0.39, 0.29) is 12.5 Å². The zero-order valence-corrected chi connectivity index (χ0v) is 17.5. The summed E-state index contributed by atoms with van der Waals surface area (Å²) in [5, 5.41) is 12.1. The van der Waals surface area contributed by atoms with Crippen LogP contribution < -0.4 is 10.1 Å². The Hall–Kier alpha value is -4.44. The molecule has 1 N–H and O–H groups in total. The average molecular weight is 423 g/mol. The van der Waals surface area contributed by atoms with Gasteiger partial charge in [-0.15, -0.1) is 0 Å². The van der Waals surface area contributed by atoms with Crippen LogP contribution in [0.3, 0.4) is 0 Å². The molecular weight excluding hydrogens is 402 g/mol. The van der Waals surface area contributed by atoms with Crippen molar-refractivity contribution in [2.24, 2.45) is 0 Å². The fourth-order valence-electron chi connectivity index (χ4n) is 3.25. The van der Waals surface area contributed by atoms with E-state index in [4.69, 9.17) is 4.74 Å². The lowest BCUT2D eigenvalue weighted by Crippen LogP contribution is -2.23. The molecule has 0 aliphatic heterocycles. The van der Waals surface area contributed by atoms with Gasteiger partial charge in [0, 0.05) is 36.3 Å². The molecule has 2 aromatic carbocycles. The van der Waals surface area contributed by atoms with Crippen molar-refractivity contribution in [3.8, 4) is 17.6 Å². The predicted molar refractivity (Wildman–Crippen MR) is 119 cm³/mol. The van der Waals surface area contributed by atoms with Gasteiger partial charge in [0.1, 0.15) is 24.0 Å². The van der Waals surface area contributed by atoms with E-state index in [9.17, 15) is 10.1 Å². The van der Waals surface area contributed by atoms with Crippen LogP contribution in [0.1, 0.15) is 32.9 Å². The molecule has 0 unspecified atom stereocenters. The molecule has 2 aromatic heterocycles. The summed E-state index contributed by atoms with van der Waals surface area (Å²) in [6.45, 7) is 2.52. The van der Waals surface area contributed by atoms with Crippen LogP contribution in [-0.2, 0) is 13.2 Å². The lowest BCUT2D eigenvalue weighted by Gasteiger charge is -2.10. The maximum Gasteiger partial charge on any atom is 0.251 e. The van der Waals surface area contributed by atoms with Gasteiger partial charge < -0.3 is 10.1 Å². The van der Waals surface area contributed by atoms with Crippen LogP contribution in [0.5, 0.6) is 5.75 Å². The molecule has 7 nitrogen and oxygen atoms in total. The van der Waals surface area contributed by atoms with Gasteiger partial charge in [0.25, 0.3) is 5.91 Å². The largest absolute Gasteiger partial charge is 0.489 e. The molecule has 7 heteroatoms. The number of aromatic nitrogens is 3. The smallest absolute Gasteiger partial charge is 0.251 e. The summed E-state index contributed by atoms with van der Waals surface area (Å²) in [6, 6.07) is 20.2. The van der Waals surface area contributed by atoms with Gasteiger partial charge >= 0.3 is 0 Å². The Morgan fingerprint density at radius 2 is 1.97 bits per heavy atom. The van der Waals surface area contributed by atoms with Crippen LogP contribution in [-0.4, -0.2) is 20.4 Å². The highest BCUT2D eigenvalue weighted by molar-refractivity contribution is 5.94. The van der Waals surface area contributed by atoms with Crippen LogP contribution in [0.4, 0.5) is 0 Å². The van der Waals surface area contributed by atoms with E-state index in [2.05, 4.69) is 21.4 Å². The van der Waals surface area contributed by atoms with E-state index in [0.29, 0.717) is 23.4 Å². The number of aryl methyl sites for hydroxylation is 1. The highest BCUT2D eigenvalue weighted by Crippen LogP contribution is 2.17. The Bertz CT molecular complexity index is 1290. The molecule has 158 valence electrons. The number of benzene rings is 2. The maximum atomic E-state index is 12.7. The number of hydrogen-bond acceptors (Lipinski definition) is 5. The Kier molecular flexibility index (Phi) is 6.23. The Morgan fingerprint density at radius 3 is 2.78 bits per heavy atom. The summed E-state index contributed by atoms with van der Waals surface area (Å²) in [5.74, 6) is 1.95. The molecule has 0 atom stereocenters. The summed E-state index contributed by atoms with van der Waals surface area (Å²) in [7, 11) is 0. The average Bonchev–Trinajstić information content (AvgIpc) is 3.27. The quantitative estimate of drug-likeness (QED) is 0.486. The van der Waals surface area contributed by atoms with Crippen molar-refractivity contribution in [1.29, 1.82) is 5.26 Å². The van der Waals surface area contributed by atoms with Crippen LogP contribution in [0.2, 0.25) is 0 Å². The summed E-state index contributed by atoms with van der Waals surface area (Å²) in [6.07, 6.45) is 5.28. The molecule has 0 aliphatic rings. The van der Waals surface area contributed by atoms with Crippen molar-refractivity contribution in [2.75, 3.05) is 0 Å². The van der Waals surface area contributed by atoms with Gasteiger partial charge in [-0.1, -0.05) is 24.3 Å². The van der Waals surface area contributed by atoms with Gasteiger partial charge in [-0.05, 0) is 48.9 Å². The number of carbonyl (C=O) groups is 1. The molecule has 4 rings (SSSR count). The van der Waals surface area contributed by atoms with Gasteiger partial charge in [-0.3, -0.25) is 9.36 Å². The van der Waals surface area contributed by atoms with E-state index in [0.717, 1.165) is 22.8 Å². The maximum absolute atomic E-state index is 12.7. The first-order chi connectivity index (χ1) is 15.6. The van der Waals surface area contributed by atoms with Crippen LogP contribution in [0.25, 0.3) is 5.82 Å². The van der Waals surface area contributed by atoms with Crippen molar-refractivity contribution < 1.29 is 9.53 Å². The molecule has 0 fully saturated rings. The molecule has 0 radical (unpaired) electrons. The zero-order valence-electron chi connectivity index (χ0n) is 17.5. The van der Waals surface area contributed by atoms with E-state index < -0.39 is 0 Å². The Labute approximate surface area is 186 Å². The van der Waals surface area contributed by atoms with Gasteiger partial charge in [0.15, 0.2) is 0 Å². The molecule has 0 bridgehead atoms. The first kappa shape index (κ1) is 20.8. The summed E-state index contributed by atoms with van der Waals surface area (Å²) in [5.41, 5.74) is 2.79. The molecule has 0 saturated carbocycles. The summed E-state index contributed by atoms with van der Waals surface area (Å²) in [4.78, 5) is 21.3. The SMILES string of the molecule is Cc1nccn1-c1cc(CNC(=O)c2cccc(OCc3ccccc3C#N)c2)ccn1. The standard InChI is InChI=1S/C25H21N5O2/c1-18-27-11-12-30(18)24-13-19(9-10-28-24)16-29-25(31)20-7-4-8-23(14-20)32-17-22-6-3-2-5-21(22)15-26/h2-14H,16-17H2,1H3,(H,29,31). The monoisotopic (exact) mass is 423 g/mol. The lowest BCUT2D eigenvalue weighted by molar-refractivity contribution is 0.0950. The van der Waals surface area contributed by atoms with Crippen LogP contribution >= 0.6 is 0 Å². The molecule has 0 spiro atoms. The molecule has 2 heterocycles. The number of rotatable bonds is 7. The second kappa shape index (κ2) is 9.58. The number of ether oxygens (including phenoxy) is 1. The van der Waals surface area contributed by atoms with Crippen LogP contribution in [0.15, 0.2) is 79.3 Å². The lowest BCUT2D eigenvalue weighted by atomic mass is 10.1. The second-order valence-corrected chi connectivity index (χ2v) is 7.13. The third kappa shape index (κ3) is 4.82. The molecule has 4 aromatic rings. The van der Waals surface area contributed by atoms with Crippen molar-refractivity contribution in [3.63, 3.8) is 0 Å². The van der Waals surface area contributed by atoms with E-state index in [1.807, 2.05) is 48.0 Å². The number of hydrogen-bond donors (Lipinski definition) is 1. The first-order valence-electron chi connectivity index (χ1n) is 10.1. The number of nitrogens with one attached hydrogen (secondary N) is 1. The van der Waals surface area contributed by atoms with E-state index in [1.165, 1.54) is 0 Å². The number of pyridine rings is 1. The van der Waals surface area contributed by atoms with Crippen molar-refractivity contribution in [1.82, 2.24) is 19.9 Å². The number of carbonyl (C=O) groups excluding carboxylic acids is 1. The van der Waals surface area contributed by atoms with E-state index >= 15 is 0 Å². The molecule has 0 aliphatic carbocycles. The summed E-state index contributed by atoms with van der Waals surface area (Å²) < 4.78 is 7.69. The molecule has 32 heavy (non-hydrogen) atoms. The minimum atomic E-state index is -0.204. The Morgan fingerprint density at radius 1 is 1.09 bits per heavy atom. The number of amides is 1. The second-order valence-electron chi connectivity index (χ2n) is 7.13. The van der Waals surface area contributed by atoms with Crippen LogP contribution in [0, 0.1) is 18.3 Å². The topological polar surface area (TPSA) is 92.8 Å². The summed E-state index contributed by atoms with van der Waals surface area (Å²) >= 11 is 0. The van der Waals surface area contributed by atoms with Crippen molar-refractivity contribution >= 4 is 5.91 Å². The van der Waals surface area contributed by atoms with E-state index in [1.54, 1.807) is 42.7 Å². The number of nitrogens with zero attached hydrogens (tertiary/aromatic N) is 4. The van der Waals surface area contributed by atoms with Gasteiger partial charge in [0.05, 0.1) is 11.6 Å².